The second kappa shape index (κ2) is 8.22. The van der Waals surface area contributed by atoms with E-state index in [9.17, 15) is 19.8 Å². The maximum atomic E-state index is 11.3. The largest absolute Gasteiger partial charge is 0.480 e. The minimum absolute atomic E-state index is 0.244. The Morgan fingerprint density at radius 1 is 1.14 bits per heavy atom. The van der Waals surface area contributed by atoms with Crippen molar-refractivity contribution in [1.82, 2.24) is 4.98 Å². The number of rotatable bonds is 9. The topological polar surface area (TPSA) is 113 Å². The molecular formula is C21H22N2O6. The van der Waals surface area contributed by atoms with Crippen LogP contribution in [-0.4, -0.2) is 45.8 Å². The van der Waals surface area contributed by atoms with Crippen LogP contribution in [0.3, 0.4) is 0 Å². The lowest BCUT2D eigenvalue weighted by atomic mass is 10.1. The number of carbonyl (C=O) groups is 2. The van der Waals surface area contributed by atoms with E-state index in [4.69, 9.17) is 9.15 Å². The molecule has 0 radical (unpaired) electrons. The van der Waals surface area contributed by atoms with Crippen LogP contribution in [0, 0.1) is 0 Å². The molecule has 0 atom stereocenters. The van der Waals surface area contributed by atoms with Crippen molar-refractivity contribution >= 4 is 29.1 Å². The molecule has 0 aliphatic rings. The fraction of sp³-hybridized carbons (Fsp3) is 0.286. The van der Waals surface area contributed by atoms with Gasteiger partial charge in [0.25, 0.3) is 6.01 Å². The van der Waals surface area contributed by atoms with Crippen molar-refractivity contribution in [1.29, 1.82) is 0 Å². The predicted molar refractivity (Wildman–Crippen MR) is 106 cm³/mol. The Kier molecular flexibility index (Phi) is 5.72. The number of ether oxygens (including phenoxy) is 1. The highest BCUT2D eigenvalue weighted by molar-refractivity contribution is 5.77. The van der Waals surface area contributed by atoms with Crippen LogP contribution < -0.4 is 9.64 Å². The van der Waals surface area contributed by atoms with Crippen LogP contribution in [0.4, 0.5) is 6.01 Å². The fourth-order valence-corrected chi connectivity index (χ4v) is 2.77. The molecule has 0 aliphatic carbocycles. The van der Waals surface area contributed by atoms with Gasteiger partial charge in [0.2, 0.25) is 0 Å². The molecule has 2 N–H and O–H groups in total. The van der Waals surface area contributed by atoms with Gasteiger partial charge in [-0.15, -0.1) is 0 Å². The summed E-state index contributed by atoms with van der Waals surface area (Å²) >= 11 is 0. The van der Waals surface area contributed by atoms with Gasteiger partial charge in [0, 0.05) is 6.54 Å². The van der Waals surface area contributed by atoms with Gasteiger partial charge < -0.3 is 24.3 Å². The third-order valence-corrected chi connectivity index (χ3v) is 4.34. The van der Waals surface area contributed by atoms with Crippen molar-refractivity contribution in [2.75, 3.05) is 18.0 Å². The van der Waals surface area contributed by atoms with E-state index in [0.717, 1.165) is 5.56 Å². The third-order valence-electron chi connectivity index (χ3n) is 4.34. The molecule has 8 nitrogen and oxygen atoms in total. The number of para-hydroxylation sites is 2. The molecule has 29 heavy (non-hydrogen) atoms. The Bertz CT molecular complexity index is 994. The fourth-order valence-electron chi connectivity index (χ4n) is 2.77. The van der Waals surface area contributed by atoms with Crippen molar-refractivity contribution in [3.63, 3.8) is 0 Å². The molecule has 0 fully saturated rings. The third kappa shape index (κ3) is 5.04. The molecule has 2 aromatic carbocycles. The van der Waals surface area contributed by atoms with Crippen LogP contribution in [0.5, 0.6) is 5.75 Å². The van der Waals surface area contributed by atoms with E-state index >= 15 is 0 Å². The van der Waals surface area contributed by atoms with Gasteiger partial charge in [-0.3, -0.25) is 4.79 Å². The molecule has 3 rings (SSSR count). The summed E-state index contributed by atoms with van der Waals surface area (Å²) in [4.78, 5) is 28.5. The van der Waals surface area contributed by atoms with Gasteiger partial charge >= 0.3 is 11.9 Å². The van der Waals surface area contributed by atoms with Crippen LogP contribution in [0.2, 0.25) is 0 Å². The summed E-state index contributed by atoms with van der Waals surface area (Å²) in [6, 6.07) is 14.5. The monoisotopic (exact) mass is 398 g/mol. The number of carboxylic acid groups (broad SMARTS) is 2. The highest BCUT2D eigenvalue weighted by atomic mass is 16.5. The number of aromatic nitrogens is 1. The maximum Gasteiger partial charge on any atom is 0.347 e. The summed E-state index contributed by atoms with van der Waals surface area (Å²) in [5.74, 6) is -1.62. The van der Waals surface area contributed by atoms with Crippen LogP contribution in [0.15, 0.2) is 52.9 Å². The van der Waals surface area contributed by atoms with E-state index in [1.165, 1.54) is 13.8 Å². The van der Waals surface area contributed by atoms with Crippen LogP contribution in [0.1, 0.15) is 19.4 Å². The van der Waals surface area contributed by atoms with Crippen LogP contribution >= 0.6 is 0 Å². The number of oxazole rings is 1. The van der Waals surface area contributed by atoms with Crippen LogP contribution in [-0.2, 0) is 16.0 Å². The molecule has 0 unspecified atom stereocenters. The van der Waals surface area contributed by atoms with Crippen molar-refractivity contribution in [3.8, 4) is 5.75 Å². The lowest BCUT2D eigenvalue weighted by molar-refractivity contribution is -0.152. The summed E-state index contributed by atoms with van der Waals surface area (Å²) in [5, 5.41) is 18.5. The molecule has 0 spiro atoms. The van der Waals surface area contributed by atoms with Gasteiger partial charge in [0.1, 0.15) is 17.8 Å². The van der Waals surface area contributed by atoms with Crippen LogP contribution in [0.25, 0.3) is 11.1 Å². The predicted octanol–water partition coefficient (Wildman–Crippen LogP) is 3.20. The molecular weight excluding hydrogens is 376 g/mol. The molecule has 1 heterocycles. The average molecular weight is 398 g/mol. The smallest absolute Gasteiger partial charge is 0.347 e. The average Bonchev–Trinajstić information content (AvgIpc) is 3.08. The Morgan fingerprint density at radius 3 is 2.59 bits per heavy atom. The maximum absolute atomic E-state index is 11.3. The Morgan fingerprint density at radius 2 is 1.90 bits per heavy atom. The highest BCUT2D eigenvalue weighted by Gasteiger charge is 2.29. The van der Waals surface area contributed by atoms with E-state index in [0.29, 0.717) is 29.8 Å². The van der Waals surface area contributed by atoms with Gasteiger partial charge in [-0.25, -0.2) is 4.79 Å². The number of nitrogens with zero attached hydrogens (tertiary/aromatic N) is 2. The lowest BCUT2D eigenvalue weighted by Crippen LogP contribution is -2.37. The van der Waals surface area contributed by atoms with Gasteiger partial charge in [0.15, 0.2) is 11.2 Å². The summed E-state index contributed by atoms with van der Waals surface area (Å²) in [6.07, 6.45) is 0.497. The Labute approximate surface area is 167 Å². The quantitative estimate of drug-likeness (QED) is 0.565. The zero-order valence-electron chi connectivity index (χ0n) is 16.2. The molecule has 1 aromatic heterocycles. The van der Waals surface area contributed by atoms with Crippen molar-refractivity contribution in [2.45, 2.75) is 25.9 Å². The number of hydrogen-bond acceptors (Lipinski definition) is 6. The van der Waals surface area contributed by atoms with Gasteiger partial charge in [-0.1, -0.05) is 24.3 Å². The molecule has 0 aliphatic heterocycles. The summed E-state index contributed by atoms with van der Waals surface area (Å²) in [5.41, 5.74) is 0.759. The molecule has 0 saturated carbocycles. The number of benzene rings is 2. The van der Waals surface area contributed by atoms with E-state index in [1.807, 2.05) is 18.2 Å². The summed E-state index contributed by atoms with van der Waals surface area (Å²) in [7, 11) is 0. The SMILES string of the molecule is CC(C)(Oc1cccc(CCN(CC(=O)O)c2nc3ccccc3o2)c1)C(=O)O. The summed E-state index contributed by atoms with van der Waals surface area (Å²) < 4.78 is 11.3. The number of carboxylic acids is 2. The second-order valence-electron chi connectivity index (χ2n) is 7.09. The van der Waals surface area contributed by atoms with Crippen molar-refractivity contribution in [3.05, 3.63) is 54.1 Å². The van der Waals surface area contributed by atoms with E-state index in [1.54, 1.807) is 35.2 Å². The number of hydrogen-bond donors (Lipinski definition) is 2. The minimum atomic E-state index is -1.35. The first kappa shape index (κ1) is 20.2. The number of aliphatic carboxylic acids is 2. The van der Waals surface area contributed by atoms with E-state index in [2.05, 4.69) is 4.98 Å². The Balaban J connectivity index is 1.75. The molecule has 0 amide bonds. The van der Waals surface area contributed by atoms with E-state index in [-0.39, 0.29) is 12.6 Å². The molecule has 8 heteroatoms. The summed E-state index contributed by atoms with van der Waals surface area (Å²) in [6.45, 7) is 3.05. The first-order valence-electron chi connectivity index (χ1n) is 9.08. The zero-order valence-corrected chi connectivity index (χ0v) is 16.2. The van der Waals surface area contributed by atoms with Gasteiger partial charge in [0.05, 0.1) is 0 Å². The number of anilines is 1. The number of fused-ring (bicyclic) bond motifs is 1. The molecule has 3 aromatic rings. The van der Waals surface area contributed by atoms with Crippen molar-refractivity contribution < 1.29 is 29.0 Å². The standard InChI is InChI=1S/C21H22N2O6/c1-21(2,19(26)27)29-15-7-5-6-14(12-15)10-11-23(13-18(24)25)20-22-16-8-3-4-9-17(16)28-20/h3-9,12H,10-11,13H2,1-2H3,(H,24,25)(H,26,27). The first-order chi connectivity index (χ1) is 13.7. The second-order valence-corrected chi connectivity index (χ2v) is 7.09. The van der Waals surface area contributed by atoms with Gasteiger partial charge in [-0.2, -0.15) is 4.98 Å². The molecule has 0 bridgehead atoms. The normalized spacial score (nSPS) is 11.4. The van der Waals surface area contributed by atoms with E-state index < -0.39 is 17.5 Å². The van der Waals surface area contributed by atoms with Crippen molar-refractivity contribution in [2.24, 2.45) is 0 Å². The highest BCUT2D eigenvalue weighted by Crippen LogP contribution is 2.23. The first-order valence-corrected chi connectivity index (χ1v) is 9.08. The van der Waals surface area contributed by atoms with Gasteiger partial charge in [-0.05, 0) is 50.1 Å². The molecule has 152 valence electrons. The minimum Gasteiger partial charge on any atom is -0.480 e. The lowest BCUT2D eigenvalue weighted by Gasteiger charge is -2.22. The Hall–Kier alpha value is -3.55. The molecule has 0 saturated heterocycles. The zero-order chi connectivity index (χ0) is 21.0.